The Morgan fingerprint density at radius 1 is 1.36 bits per heavy atom. The Bertz CT molecular complexity index is 408. The lowest BCUT2D eigenvalue weighted by molar-refractivity contribution is 0.0914. The van der Waals surface area contributed by atoms with Gasteiger partial charge in [-0.2, -0.15) is 0 Å². The summed E-state index contributed by atoms with van der Waals surface area (Å²) in [6, 6.07) is 3.69. The summed E-state index contributed by atoms with van der Waals surface area (Å²) >= 11 is 0. The van der Waals surface area contributed by atoms with Gasteiger partial charge in [0, 0.05) is 24.8 Å². The molecule has 0 atom stereocenters. The lowest BCUT2D eigenvalue weighted by Gasteiger charge is -1.99. The lowest BCUT2D eigenvalue weighted by atomic mass is 10.2. The molecule has 0 N–H and O–H groups in total. The lowest BCUT2D eigenvalue weighted by Crippen LogP contribution is -2.11. The van der Waals surface area contributed by atoms with Crippen LogP contribution in [0.1, 0.15) is 10.4 Å². The van der Waals surface area contributed by atoms with E-state index in [1.807, 2.05) is 12.1 Å². The van der Waals surface area contributed by atoms with Crippen molar-refractivity contribution in [3.05, 3.63) is 48.8 Å². The molecule has 0 amide bonds. The average Bonchev–Trinajstić information content (AvgIpc) is 2.72. The molecule has 0 aliphatic heterocycles. The second kappa shape index (κ2) is 3.83. The van der Waals surface area contributed by atoms with Crippen LogP contribution < -0.4 is 0 Å². The molecule has 2 heterocycles. The summed E-state index contributed by atoms with van der Waals surface area (Å²) < 4.78 is 1.47. The van der Waals surface area contributed by atoms with E-state index >= 15 is 0 Å². The minimum atomic E-state index is -0.00417. The van der Waals surface area contributed by atoms with Gasteiger partial charge in [0.05, 0.1) is 6.42 Å². The third-order valence-corrected chi connectivity index (χ3v) is 1.87. The van der Waals surface area contributed by atoms with Gasteiger partial charge in [-0.05, 0) is 11.6 Å². The van der Waals surface area contributed by atoms with E-state index in [9.17, 15) is 4.79 Å². The van der Waals surface area contributed by atoms with Gasteiger partial charge in [-0.1, -0.05) is 6.07 Å². The molecule has 14 heavy (non-hydrogen) atoms. The van der Waals surface area contributed by atoms with Crippen molar-refractivity contribution in [2.45, 2.75) is 6.42 Å². The van der Waals surface area contributed by atoms with Crippen molar-refractivity contribution in [2.75, 3.05) is 0 Å². The Hall–Kier alpha value is -1.97. The highest BCUT2D eigenvalue weighted by Crippen LogP contribution is 1.99. The Morgan fingerprint density at radius 2 is 2.29 bits per heavy atom. The maximum absolute atomic E-state index is 11.6. The van der Waals surface area contributed by atoms with E-state index in [0.29, 0.717) is 6.42 Å². The third-order valence-electron chi connectivity index (χ3n) is 1.87. The van der Waals surface area contributed by atoms with Crippen LogP contribution in [-0.2, 0) is 6.42 Å². The van der Waals surface area contributed by atoms with Crippen molar-refractivity contribution in [2.24, 2.45) is 0 Å². The fraction of sp³-hybridized carbons (Fsp3) is 0.100. The van der Waals surface area contributed by atoms with Crippen LogP contribution in [0.3, 0.4) is 0 Å². The van der Waals surface area contributed by atoms with E-state index in [-0.39, 0.29) is 5.91 Å². The topological polar surface area (TPSA) is 47.8 Å². The highest BCUT2D eigenvalue weighted by atomic mass is 16.2. The first kappa shape index (κ1) is 8.62. The Balaban J connectivity index is 2.10. The van der Waals surface area contributed by atoms with Gasteiger partial charge in [0.25, 0.3) is 0 Å². The number of nitrogens with zero attached hydrogens (tertiary/aromatic N) is 3. The summed E-state index contributed by atoms with van der Waals surface area (Å²) in [5.41, 5.74) is 0.909. The number of carbonyl (C=O) groups excluding carboxylic acids is 1. The van der Waals surface area contributed by atoms with E-state index in [0.717, 1.165) is 5.56 Å². The van der Waals surface area contributed by atoms with Crippen LogP contribution in [0.5, 0.6) is 0 Å². The quantitative estimate of drug-likeness (QED) is 0.708. The van der Waals surface area contributed by atoms with Gasteiger partial charge < -0.3 is 0 Å². The molecule has 0 aliphatic rings. The van der Waals surface area contributed by atoms with Crippen LogP contribution in [0.4, 0.5) is 0 Å². The van der Waals surface area contributed by atoms with Gasteiger partial charge in [-0.25, -0.2) is 4.98 Å². The van der Waals surface area contributed by atoms with Crippen molar-refractivity contribution >= 4 is 5.91 Å². The summed E-state index contributed by atoms with van der Waals surface area (Å²) in [4.78, 5) is 19.3. The predicted molar refractivity (Wildman–Crippen MR) is 50.8 cm³/mol. The molecule has 2 rings (SSSR count). The summed E-state index contributed by atoms with van der Waals surface area (Å²) in [5, 5.41) is 0. The number of aromatic nitrogens is 3. The van der Waals surface area contributed by atoms with Gasteiger partial charge in [0.1, 0.15) is 6.33 Å². The number of hydrogen-bond donors (Lipinski definition) is 0. The first-order chi connectivity index (χ1) is 6.86. The van der Waals surface area contributed by atoms with E-state index in [4.69, 9.17) is 0 Å². The zero-order valence-corrected chi connectivity index (χ0v) is 7.50. The van der Waals surface area contributed by atoms with Crippen LogP contribution in [-0.4, -0.2) is 20.4 Å². The number of imidazole rings is 1. The summed E-state index contributed by atoms with van der Waals surface area (Å²) in [6.45, 7) is 0. The van der Waals surface area contributed by atoms with E-state index in [1.165, 1.54) is 10.9 Å². The zero-order valence-electron chi connectivity index (χ0n) is 7.50. The molecule has 0 saturated heterocycles. The van der Waals surface area contributed by atoms with E-state index < -0.39 is 0 Å². The van der Waals surface area contributed by atoms with Crippen molar-refractivity contribution in [1.29, 1.82) is 0 Å². The van der Waals surface area contributed by atoms with Crippen LogP contribution in [0.15, 0.2) is 43.2 Å². The molecule has 70 valence electrons. The Kier molecular flexibility index (Phi) is 2.36. The molecule has 0 radical (unpaired) electrons. The molecule has 2 aromatic rings. The molecular weight excluding hydrogens is 178 g/mol. The smallest absolute Gasteiger partial charge is 0.236 e. The Labute approximate surface area is 81.2 Å². The number of pyridine rings is 1. The maximum Gasteiger partial charge on any atom is 0.236 e. The SMILES string of the molecule is O=C(Cc1cccnc1)n1ccnc1. The molecule has 4 heteroatoms. The summed E-state index contributed by atoms with van der Waals surface area (Å²) in [5.74, 6) is -0.00417. The third kappa shape index (κ3) is 1.85. The van der Waals surface area contributed by atoms with Crippen molar-refractivity contribution in [3.8, 4) is 0 Å². The highest BCUT2D eigenvalue weighted by Gasteiger charge is 2.04. The molecule has 4 nitrogen and oxygen atoms in total. The van der Waals surface area contributed by atoms with Crippen molar-refractivity contribution in [3.63, 3.8) is 0 Å². The molecule has 0 bridgehead atoms. The first-order valence-corrected chi connectivity index (χ1v) is 4.26. The standard InChI is InChI=1S/C10H9N3O/c14-10(13-5-4-12-8-13)6-9-2-1-3-11-7-9/h1-5,7-8H,6H2. The first-order valence-electron chi connectivity index (χ1n) is 4.26. The number of hydrogen-bond acceptors (Lipinski definition) is 3. The van der Waals surface area contributed by atoms with Gasteiger partial charge in [-0.3, -0.25) is 14.3 Å². The monoisotopic (exact) mass is 187 g/mol. The maximum atomic E-state index is 11.6. The molecule has 0 saturated carbocycles. The van der Waals surface area contributed by atoms with Gasteiger partial charge in [0.15, 0.2) is 0 Å². The molecule has 0 spiro atoms. The second-order valence-corrected chi connectivity index (χ2v) is 2.90. The van der Waals surface area contributed by atoms with Crippen LogP contribution in [0, 0.1) is 0 Å². The second-order valence-electron chi connectivity index (χ2n) is 2.90. The average molecular weight is 187 g/mol. The summed E-state index contributed by atoms with van der Waals surface area (Å²) in [7, 11) is 0. The van der Waals surface area contributed by atoms with Crippen LogP contribution in [0.25, 0.3) is 0 Å². The van der Waals surface area contributed by atoms with Gasteiger partial charge >= 0.3 is 0 Å². The molecule has 0 aliphatic carbocycles. The normalized spacial score (nSPS) is 10.0. The number of carbonyl (C=O) groups is 1. The Morgan fingerprint density at radius 3 is 2.93 bits per heavy atom. The van der Waals surface area contributed by atoms with Gasteiger partial charge in [-0.15, -0.1) is 0 Å². The fourth-order valence-electron chi connectivity index (χ4n) is 1.18. The molecule has 2 aromatic heterocycles. The van der Waals surface area contributed by atoms with Crippen molar-refractivity contribution < 1.29 is 4.79 Å². The minimum Gasteiger partial charge on any atom is -0.276 e. The van der Waals surface area contributed by atoms with Gasteiger partial charge in [0.2, 0.25) is 5.91 Å². The minimum absolute atomic E-state index is 0.00417. The van der Waals surface area contributed by atoms with E-state index in [1.54, 1.807) is 24.8 Å². The highest BCUT2D eigenvalue weighted by molar-refractivity contribution is 5.80. The molecule has 0 fully saturated rings. The zero-order chi connectivity index (χ0) is 9.80. The molecular formula is C10H9N3O. The van der Waals surface area contributed by atoms with Crippen molar-refractivity contribution in [1.82, 2.24) is 14.5 Å². The number of rotatable bonds is 2. The van der Waals surface area contributed by atoms with Crippen LogP contribution >= 0.6 is 0 Å². The summed E-state index contributed by atoms with van der Waals surface area (Å²) in [6.07, 6.45) is 8.45. The molecule has 0 unspecified atom stereocenters. The van der Waals surface area contributed by atoms with Crippen LogP contribution in [0.2, 0.25) is 0 Å². The fourth-order valence-corrected chi connectivity index (χ4v) is 1.18. The molecule has 0 aromatic carbocycles. The van der Waals surface area contributed by atoms with E-state index in [2.05, 4.69) is 9.97 Å². The largest absolute Gasteiger partial charge is 0.276 e. The predicted octanol–water partition coefficient (Wildman–Crippen LogP) is 1.16.